The number of thiazole rings is 1. The average molecular weight is 424 g/mol. The van der Waals surface area contributed by atoms with E-state index in [0.29, 0.717) is 6.42 Å². The quantitative estimate of drug-likeness (QED) is 0.476. The van der Waals surface area contributed by atoms with Crippen LogP contribution < -0.4 is 16.2 Å². The lowest BCUT2D eigenvalue weighted by atomic mass is 10.1. The number of hydrogen-bond acceptors (Lipinski definition) is 8. The van der Waals surface area contributed by atoms with Crippen molar-refractivity contribution in [3.8, 4) is 0 Å². The van der Waals surface area contributed by atoms with Crippen LogP contribution in [0.4, 0.5) is 10.5 Å². The predicted molar refractivity (Wildman–Crippen MR) is 110 cm³/mol. The number of nitrogens with zero attached hydrogens (tertiary/aromatic N) is 2. The van der Waals surface area contributed by atoms with Gasteiger partial charge in [0.05, 0.1) is 28.0 Å². The summed E-state index contributed by atoms with van der Waals surface area (Å²) in [6, 6.07) is -0.547. The molecule has 0 saturated carbocycles. The zero-order valence-electron chi connectivity index (χ0n) is 15.9. The number of fused-ring (bicyclic) bond motifs is 2. The third-order valence-electron chi connectivity index (χ3n) is 4.78. The first kappa shape index (κ1) is 21.0. The van der Waals surface area contributed by atoms with Crippen LogP contribution in [0.2, 0.25) is 0 Å². The number of aliphatic hydroxyl groups excluding tert-OH is 1. The summed E-state index contributed by atoms with van der Waals surface area (Å²) < 4.78 is 0.780. The molecule has 2 amide bonds. The molecule has 0 saturated heterocycles. The first-order chi connectivity index (χ1) is 13.2. The van der Waals surface area contributed by atoms with Crippen molar-refractivity contribution in [2.75, 3.05) is 5.32 Å². The molecule has 0 bridgehead atoms. The molecule has 0 radical (unpaired) electrons. The van der Waals surface area contributed by atoms with E-state index in [-0.39, 0.29) is 0 Å². The molecule has 1 unspecified atom stereocenters. The van der Waals surface area contributed by atoms with Gasteiger partial charge in [0.15, 0.2) is 4.34 Å². The smallest absolute Gasteiger partial charge is 0.316 e. The number of primary amides is 1. The molecule has 0 spiro atoms. The normalized spacial score (nSPS) is 17.5. The highest BCUT2D eigenvalue weighted by Crippen LogP contribution is 2.40. The van der Waals surface area contributed by atoms with Gasteiger partial charge in [0.2, 0.25) is 0 Å². The van der Waals surface area contributed by atoms with Crippen molar-refractivity contribution in [3.63, 3.8) is 0 Å². The second-order valence-electron chi connectivity index (χ2n) is 7.34. The van der Waals surface area contributed by atoms with E-state index >= 15 is 0 Å². The zero-order chi connectivity index (χ0) is 20.5. The number of rotatable bonds is 3. The summed E-state index contributed by atoms with van der Waals surface area (Å²) in [4.78, 5) is 20.5. The van der Waals surface area contributed by atoms with Gasteiger partial charge in [-0.15, -0.1) is 11.3 Å². The number of aromatic nitrogens is 2. The lowest BCUT2D eigenvalue weighted by Gasteiger charge is -2.14. The predicted octanol–water partition coefficient (Wildman–Crippen LogP) is 2.38. The van der Waals surface area contributed by atoms with E-state index in [1.807, 2.05) is 0 Å². The summed E-state index contributed by atoms with van der Waals surface area (Å²) in [6.07, 6.45) is 5.49. The number of nitrogens with one attached hydrogen (secondary N) is 1. The molecule has 2 aromatic rings. The van der Waals surface area contributed by atoms with Crippen molar-refractivity contribution >= 4 is 35.0 Å². The molecular formula is C18H25N5O3S2. The molecule has 152 valence electrons. The van der Waals surface area contributed by atoms with Gasteiger partial charge < -0.3 is 21.3 Å². The van der Waals surface area contributed by atoms with Crippen molar-refractivity contribution in [2.45, 2.75) is 62.0 Å². The van der Waals surface area contributed by atoms with Gasteiger partial charge in [0.25, 0.3) is 0 Å². The van der Waals surface area contributed by atoms with Crippen LogP contribution in [-0.2, 0) is 24.9 Å². The molecule has 7 N–H and O–H groups in total. The Morgan fingerprint density at radius 1 is 1.36 bits per heavy atom. The van der Waals surface area contributed by atoms with Crippen molar-refractivity contribution < 1.29 is 15.0 Å². The largest absolute Gasteiger partial charge is 0.387 e. The molecule has 28 heavy (non-hydrogen) atoms. The fourth-order valence-electron chi connectivity index (χ4n) is 3.46. The molecule has 0 fully saturated rings. The summed E-state index contributed by atoms with van der Waals surface area (Å²) in [7, 11) is 0. The minimum atomic E-state index is -0.800. The standard InChI is InChI=1S/C12H15N3O2.C6H10N2OS2/c13-12(17)15-10-6-2-1-3-8(6)14-11-7(10)4-5-9(11)16;1-6(2,9)4-3-8-5(10-4)11-7/h9,16H,1-5H2,(H3,13,14,15,17);3,9H,7H2,1-2H3. The Balaban J connectivity index is 0.000000178. The molecular weight excluding hydrogens is 398 g/mol. The molecule has 2 aliphatic rings. The minimum absolute atomic E-state index is 0.496. The molecule has 2 heterocycles. The SMILES string of the molecule is CC(C)(O)c1cnc(SN)s1.NC(=O)Nc1c2c(nc3c1CCC3O)CCC2. The van der Waals surface area contributed by atoms with Crippen LogP contribution in [0.15, 0.2) is 10.5 Å². The number of nitrogens with two attached hydrogens (primary N) is 2. The Bertz CT molecular complexity index is 879. The first-order valence-electron chi connectivity index (χ1n) is 9.05. The molecule has 2 aromatic heterocycles. The highest BCUT2D eigenvalue weighted by molar-refractivity contribution is 7.98. The van der Waals surface area contributed by atoms with Crippen LogP contribution in [0.1, 0.15) is 60.2 Å². The van der Waals surface area contributed by atoms with E-state index in [0.717, 1.165) is 75.1 Å². The van der Waals surface area contributed by atoms with E-state index in [9.17, 15) is 15.0 Å². The van der Waals surface area contributed by atoms with Crippen LogP contribution in [-0.4, -0.2) is 26.2 Å². The number of aliphatic hydroxyl groups is 2. The van der Waals surface area contributed by atoms with Gasteiger partial charge in [-0.3, -0.25) is 10.1 Å². The van der Waals surface area contributed by atoms with E-state index < -0.39 is 17.7 Å². The summed E-state index contributed by atoms with van der Waals surface area (Å²) in [5, 5.41) is 27.4. The summed E-state index contributed by atoms with van der Waals surface area (Å²) >= 11 is 2.52. The Hall–Kier alpha value is -1.72. The van der Waals surface area contributed by atoms with Crippen LogP contribution >= 0.6 is 23.3 Å². The molecule has 10 heteroatoms. The summed E-state index contributed by atoms with van der Waals surface area (Å²) in [5.41, 5.74) is 9.04. The number of anilines is 1. The third-order valence-corrected chi connectivity index (χ3v) is 6.73. The van der Waals surface area contributed by atoms with Crippen molar-refractivity contribution in [2.24, 2.45) is 10.9 Å². The van der Waals surface area contributed by atoms with Crippen LogP contribution in [0, 0.1) is 0 Å². The monoisotopic (exact) mass is 423 g/mol. The molecule has 1 atom stereocenters. The lowest BCUT2D eigenvalue weighted by molar-refractivity contribution is 0.0823. The second kappa shape index (κ2) is 8.34. The van der Waals surface area contributed by atoms with Crippen LogP contribution in [0.25, 0.3) is 0 Å². The number of amides is 2. The van der Waals surface area contributed by atoms with E-state index in [2.05, 4.69) is 15.3 Å². The number of hydrogen-bond donors (Lipinski definition) is 5. The highest BCUT2D eigenvalue weighted by Gasteiger charge is 2.30. The number of pyridine rings is 1. The molecule has 0 aromatic carbocycles. The number of aryl methyl sites for hydroxylation is 1. The van der Waals surface area contributed by atoms with Crippen molar-refractivity contribution in [3.05, 3.63) is 33.6 Å². The highest BCUT2D eigenvalue weighted by atomic mass is 32.2. The number of carbonyl (C=O) groups is 1. The topological polar surface area (TPSA) is 147 Å². The Morgan fingerprint density at radius 2 is 2.11 bits per heavy atom. The average Bonchev–Trinajstić information content (AvgIpc) is 3.34. The number of carbonyl (C=O) groups excluding carboxylic acids is 1. The Morgan fingerprint density at radius 3 is 2.68 bits per heavy atom. The second-order valence-corrected chi connectivity index (χ2v) is 9.25. The fourth-order valence-corrected chi connectivity index (χ4v) is 4.68. The fraction of sp³-hybridized carbons (Fsp3) is 0.500. The van der Waals surface area contributed by atoms with Gasteiger partial charge in [-0.05, 0) is 63.5 Å². The maximum atomic E-state index is 11.1. The number of urea groups is 1. The Labute approximate surface area is 171 Å². The summed E-state index contributed by atoms with van der Waals surface area (Å²) in [6.45, 7) is 3.46. The van der Waals surface area contributed by atoms with Crippen LogP contribution in [0.5, 0.6) is 0 Å². The van der Waals surface area contributed by atoms with Gasteiger partial charge in [0, 0.05) is 17.5 Å². The lowest BCUT2D eigenvalue weighted by Crippen LogP contribution is -2.21. The molecule has 4 rings (SSSR count). The molecule has 0 aliphatic heterocycles. The third kappa shape index (κ3) is 4.47. The minimum Gasteiger partial charge on any atom is -0.387 e. The zero-order valence-corrected chi connectivity index (χ0v) is 17.5. The van der Waals surface area contributed by atoms with E-state index in [1.54, 1.807) is 20.0 Å². The first-order valence-corrected chi connectivity index (χ1v) is 10.7. The van der Waals surface area contributed by atoms with Crippen LogP contribution in [0.3, 0.4) is 0 Å². The van der Waals surface area contributed by atoms with Gasteiger partial charge >= 0.3 is 6.03 Å². The maximum absolute atomic E-state index is 11.1. The molecule has 2 aliphatic carbocycles. The van der Waals surface area contributed by atoms with Gasteiger partial charge in [-0.1, -0.05) is 0 Å². The van der Waals surface area contributed by atoms with E-state index in [4.69, 9.17) is 10.9 Å². The Kier molecular flexibility index (Phi) is 6.25. The van der Waals surface area contributed by atoms with Gasteiger partial charge in [-0.25, -0.2) is 9.78 Å². The summed E-state index contributed by atoms with van der Waals surface area (Å²) in [5.74, 6) is 0. The molecule has 8 nitrogen and oxygen atoms in total. The van der Waals surface area contributed by atoms with Crippen molar-refractivity contribution in [1.29, 1.82) is 0 Å². The van der Waals surface area contributed by atoms with Gasteiger partial charge in [0.1, 0.15) is 0 Å². The van der Waals surface area contributed by atoms with E-state index in [1.165, 1.54) is 11.3 Å². The van der Waals surface area contributed by atoms with Crippen molar-refractivity contribution in [1.82, 2.24) is 9.97 Å². The van der Waals surface area contributed by atoms with Gasteiger partial charge in [-0.2, -0.15) is 0 Å². The maximum Gasteiger partial charge on any atom is 0.316 e.